The second kappa shape index (κ2) is 11.0. The van der Waals surface area contributed by atoms with Gasteiger partial charge in [-0.25, -0.2) is 0 Å². The molecule has 130 valence electrons. The molecule has 4 nitrogen and oxygen atoms in total. The lowest BCUT2D eigenvalue weighted by molar-refractivity contribution is 0.185. The van der Waals surface area contributed by atoms with Crippen molar-refractivity contribution < 1.29 is 4.74 Å². The van der Waals surface area contributed by atoms with Gasteiger partial charge in [-0.15, -0.1) is 24.0 Å². The van der Waals surface area contributed by atoms with Crippen LogP contribution >= 0.6 is 24.0 Å². The van der Waals surface area contributed by atoms with E-state index in [1.807, 2.05) is 0 Å². The van der Waals surface area contributed by atoms with E-state index >= 15 is 0 Å². The first kappa shape index (κ1) is 20.4. The van der Waals surface area contributed by atoms with Crippen molar-refractivity contribution in [3.8, 4) is 0 Å². The molecule has 2 N–H and O–H groups in total. The zero-order valence-corrected chi connectivity index (χ0v) is 16.8. The Kier molecular flexibility index (Phi) is 9.41. The first-order chi connectivity index (χ1) is 11.2. The quantitative estimate of drug-likeness (QED) is 0.411. The summed E-state index contributed by atoms with van der Waals surface area (Å²) in [6.45, 7) is 4.24. The van der Waals surface area contributed by atoms with Crippen molar-refractivity contribution >= 4 is 29.9 Å². The van der Waals surface area contributed by atoms with E-state index < -0.39 is 0 Å². The Balaban J connectivity index is 0.00000288. The molecule has 2 rings (SSSR count). The van der Waals surface area contributed by atoms with E-state index in [-0.39, 0.29) is 24.0 Å². The number of nitrogens with zero attached hydrogens (tertiary/aromatic N) is 1. The van der Waals surface area contributed by atoms with Crippen molar-refractivity contribution in [3.05, 3.63) is 70.8 Å². The summed E-state index contributed by atoms with van der Waals surface area (Å²) in [6, 6.07) is 16.8. The van der Waals surface area contributed by atoms with Crippen molar-refractivity contribution in [3.63, 3.8) is 0 Å². The molecular formula is C19H26IN3O. The molecule has 24 heavy (non-hydrogen) atoms. The van der Waals surface area contributed by atoms with Crippen LogP contribution in [0.25, 0.3) is 0 Å². The molecule has 5 heteroatoms. The molecule has 0 fully saturated rings. The highest BCUT2D eigenvalue weighted by molar-refractivity contribution is 14.0. The van der Waals surface area contributed by atoms with Crippen LogP contribution in [0.2, 0.25) is 0 Å². The van der Waals surface area contributed by atoms with E-state index in [1.54, 1.807) is 14.2 Å². The molecule has 0 radical (unpaired) electrons. The van der Waals surface area contributed by atoms with Gasteiger partial charge in [-0.2, -0.15) is 0 Å². The van der Waals surface area contributed by atoms with Gasteiger partial charge >= 0.3 is 0 Å². The van der Waals surface area contributed by atoms with Gasteiger partial charge in [-0.05, 0) is 23.6 Å². The second-order valence-electron chi connectivity index (χ2n) is 5.52. The first-order valence-electron chi connectivity index (χ1n) is 7.78. The van der Waals surface area contributed by atoms with Gasteiger partial charge in [-0.3, -0.25) is 4.99 Å². The monoisotopic (exact) mass is 439 g/mol. The number of benzene rings is 2. The zero-order valence-electron chi connectivity index (χ0n) is 14.5. The summed E-state index contributed by atoms with van der Waals surface area (Å²) in [7, 11) is 3.49. The third kappa shape index (κ3) is 6.88. The molecule has 0 aliphatic rings. The van der Waals surface area contributed by atoms with Gasteiger partial charge in [0.05, 0.1) is 6.61 Å². The maximum absolute atomic E-state index is 5.12. The fraction of sp³-hybridized carbons (Fsp3) is 0.316. The molecule has 0 spiro atoms. The number of hydrogen-bond acceptors (Lipinski definition) is 2. The first-order valence-corrected chi connectivity index (χ1v) is 7.78. The summed E-state index contributed by atoms with van der Waals surface area (Å²) in [5.74, 6) is 0.799. The standard InChI is InChI=1S/C19H25N3O.HI/c1-15-5-4-6-18(11-15)13-22-19(20-2)21-12-16-7-9-17(10-8-16)14-23-3;/h4-11H,12-14H2,1-3H3,(H2,20,21,22);1H. The normalized spacial score (nSPS) is 10.9. The summed E-state index contributed by atoms with van der Waals surface area (Å²) >= 11 is 0. The minimum atomic E-state index is 0. The zero-order chi connectivity index (χ0) is 16.5. The van der Waals surface area contributed by atoms with Crippen molar-refractivity contribution in [1.82, 2.24) is 10.6 Å². The van der Waals surface area contributed by atoms with Crippen molar-refractivity contribution in [2.45, 2.75) is 26.6 Å². The van der Waals surface area contributed by atoms with Crippen LogP contribution in [0.5, 0.6) is 0 Å². The van der Waals surface area contributed by atoms with Crippen molar-refractivity contribution in [2.24, 2.45) is 4.99 Å². The molecule has 0 bridgehead atoms. The Hall–Kier alpha value is -1.60. The summed E-state index contributed by atoms with van der Waals surface area (Å²) < 4.78 is 5.12. The van der Waals surface area contributed by atoms with Crippen LogP contribution in [0.1, 0.15) is 22.3 Å². The Morgan fingerprint density at radius 3 is 2.17 bits per heavy atom. The summed E-state index contributed by atoms with van der Waals surface area (Å²) in [5.41, 5.74) is 4.90. The third-order valence-electron chi connectivity index (χ3n) is 3.56. The van der Waals surface area contributed by atoms with E-state index in [4.69, 9.17) is 4.74 Å². The predicted molar refractivity (Wildman–Crippen MR) is 111 cm³/mol. The lowest BCUT2D eigenvalue weighted by Gasteiger charge is -2.12. The van der Waals surface area contributed by atoms with E-state index in [0.717, 1.165) is 19.0 Å². The number of methoxy groups -OCH3 is 1. The number of nitrogens with one attached hydrogen (secondary N) is 2. The molecule has 0 aliphatic carbocycles. The van der Waals surface area contributed by atoms with Gasteiger partial charge in [-0.1, -0.05) is 54.1 Å². The summed E-state index contributed by atoms with van der Waals surface area (Å²) in [5, 5.41) is 6.66. The van der Waals surface area contributed by atoms with Gasteiger partial charge < -0.3 is 15.4 Å². The van der Waals surface area contributed by atoms with Gasteiger partial charge in [0.25, 0.3) is 0 Å². The smallest absolute Gasteiger partial charge is 0.191 e. The van der Waals surface area contributed by atoms with Gasteiger partial charge in [0.15, 0.2) is 5.96 Å². The number of aliphatic imine (C=N–C) groups is 1. The lowest BCUT2D eigenvalue weighted by Crippen LogP contribution is -2.36. The molecule has 0 aliphatic heterocycles. The van der Waals surface area contributed by atoms with Crippen LogP contribution in [-0.4, -0.2) is 20.1 Å². The number of ether oxygens (including phenoxy) is 1. The molecule has 0 atom stereocenters. The maximum atomic E-state index is 5.12. The number of aryl methyl sites for hydroxylation is 1. The fourth-order valence-corrected chi connectivity index (χ4v) is 2.33. The molecule has 0 saturated carbocycles. The Labute approximate surface area is 161 Å². The molecule has 2 aromatic rings. The Morgan fingerprint density at radius 1 is 0.958 bits per heavy atom. The average molecular weight is 439 g/mol. The molecule has 2 aromatic carbocycles. The second-order valence-corrected chi connectivity index (χ2v) is 5.52. The highest BCUT2D eigenvalue weighted by atomic mass is 127. The van der Waals surface area contributed by atoms with Gasteiger partial charge in [0.2, 0.25) is 0 Å². The van der Waals surface area contributed by atoms with Crippen LogP contribution in [0.4, 0.5) is 0 Å². The third-order valence-corrected chi connectivity index (χ3v) is 3.56. The van der Waals surface area contributed by atoms with Crippen LogP contribution in [0, 0.1) is 6.92 Å². The summed E-state index contributed by atoms with van der Waals surface area (Å²) in [6.07, 6.45) is 0. The molecule has 0 unspecified atom stereocenters. The number of guanidine groups is 1. The number of halogens is 1. The van der Waals surface area contributed by atoms with E-state index in [9.17, 15) is 0 Å². The molecule has 0 aromatic heterocycles. The van der Waals surface area contributed by atoms with Crippen molar-refractivity contribution in [1.29, 1.82) is 0 Å². The lowest BCUT2D eigenvalue weighted by atomic mass is 10.1. The minimum Gasteiger partial charge on any atom is -0.380 e. The van der Waals surface area contributed by atoms with Crippen LogP contribution in [-0.2, 0) is 24.4 Å². The number of hydrogen-bond donors (Lipinski definition) is 2. The van der Waals surface area contributed by atoms with Crippen molar-refractivity contribution in [2.75, 3.05) is 14.2 Å². The van der Waals surface area contributed by atoms with Gasteiger partial charge in [0, 0.05) is 27.2 Å². The summed E-state index contributed by atoms with van der Waals surface area (Å²) in [4.78, 5) is 4.26. The highest BCUT2D eigenvalue weighted by Crippen LogP contribution is 2.05. The molecule has 0 saturated heterocycles. The molecule has 0 heterocycles. The molecule has 0 amide bonds. The van der Waals surface area contributed by atoms with E-state index in [2.05, 4.69) is 71.1 Å². The minimum absolute atomic E-state index is 0. The topological polar surface area (TPSA) is 45.7 Å². The van der Waals surface area contributed by atoms with E-state index in [1.165, 1.54) is 22.3 Å². The van der Waals surface area contributed by atoms with E-state index in [0.29, 0.717) is 6.61 Å². The predicted octanol–water partition coefficient (Wildman–Crippen LogP) is 3.62. The van der Waals surface area contributed by atoms with Gasteiger partial charge in [0.1, 0.15) is 0 Å². The highest BCUT2D eigenvalue weighted by Gasteiger charge is 2.00. The maximum Gasteiger partial charge on any atom is 0.191 e. The SMILES string of the molecule is CN=C(NCc1ccc(COC)cc1)NCc1cccc(C)c1.I. The fourth-order valence-electron chi connectivity index (χ4n) is 2.33. The number of rotatable bonds is 6. The van der Waals surface area contributed by atoms with Crippen LogP contribution < -0.4 is 10.6 Å². The van der Waals surface area contributed by atoms with Crippen LogP contribution in [0.3, 0.4) is 0 Å². The largest absolute Gasteiger partial charge is 0.380 e. The Morgan fingerprint density at radius 2 is 1.58 bits per heavy atom. The van der Waals surface area contributed by atoms with Crippen LogP contribution in [0.15, 0.2) is 53.5 Å². The Bertz CT molecular complexity index is 641. The molecular weight excluding hydrogens is 413 g/mol. The average Bonchev–Trinajstić information content (AvgIpc) is 2.57.